The number of nitrogens with one attached hydrogen (secondary N) is 2. The van der Waals surface area contributed by atoms with E-state index in [2.05, 4.69) is 20.4 Å². The Balaban J connectivity index is 1.37. The van der Waals surface area contributed by atoms with Crippen LogP contribution in [-0.2, 0) is 4.79 Å². The van der Waals surface area contributed by atoms with Gasteiger partial charge in [-0.15, -0.1) is 0 Å². The Hall–Kier alpha value is -2.90. The zero-order valence-corrected chi connectivity index (χ0v) is 17.7. The minimum Gasteiger partial charge on any atom is -0.335 e. The predicted octanol–water partition coefficient (Wildman–Crippen LogP) is 3.31. The van der Waals surface area contributed by atoms with Crippen LogP contribution in [0.25, 0.3) is 10.9 Å². The first-order valence-corrected chi connectivity index (χ1v) is 10.4. The molecule has 1 aliphatic heterocycles. The van der Waals surface area contributed by atoms with Crippen molar-refractivity contribution in [3.05, 3.63) is 58.7 Å². The number of benzene rings is 2. The van der Waals surface area contributed by atoms with Crippen LogP contribution in [-0.4, -0.2) is 64.0 Å². The molecule has 1 unspecified atom stereocenters. The van der Waals surface area contributed by atoms with Gasteiger partial charge in [0.15, 0.2) is 5.69 Å². The summed E-state index contributed by atoms with van der Waals surface area (Å²) in [6, 6.07) is 12.7. The van der Waals surface area contributed by atoms with E-state index < -0.39 is 0 Å². The van der Waals surface area contributed by atoms with Gasteiger partial charge in [0, 0.05) is 42.3 Å². The molecule has 0 radical (unpaired) electrons. The number of hydrogen-bond donors (Lipinski definition) is 2. The van der Waals surface area contributed by atoms with Gasteiger partial charge in [-0.2, -0.15) is 5.10 Å². The van der Waals surface area contributed by atoms with Gasteiger partial charge in [0.25, 0.3) is 5.91 Å². The van der Waals surface area contributed by atoms with Crippen molar-refractivity contribution in [1.82, 2.24) is 20.0 Å². The normalized spacial score (nSPS) is 15.9. The lowest BCUT2D eigenvalue weighted by Gasteiger charge is -2.37. The average Bonchev–Trinajstić information content (AvgIpc) is 3.19. The van der Waals surface area contributed by atoms with E-state index >= 15 is 0 Å². The Bertz CT molecular complexity index is 1090. The molecule has 2 aromatic carbocycles. The highest BCUT2D eigenvalue weighted by atomic mass is 35.5. The van der Waals surface area contributed by atoms with Gasteiger partial charge in [-0.05, 0) is 37.6 Å². The van der Waals surface area contributed by atoms with E-state index in [0.717, 1.165) is 22.2 Å². The van der Waals surface area contributed by atoms with Crippen LogP contribution in [0.2, 0.25) is 5.02 Å². The van der Waals surface area contributed by atoms with Crippen molar-refractivity contribution < 1.29 is 9.59 Å². The van der Waals surface area contributed by atoms with Crippen LogP contribution < -0.4 is 5.32 Å². The van der Waals surface area contributed by atoms with Crippen LogP contribution >= 0.6 is 11.6 Å². The van der Waals surface area contributed by atoms with E-state index in [9.17, 15) is 9.59 Å². The quantitative estimate of drug-likeness (QED) is 0.672. The third-order valence-electron chi connectivity index (χ3n) is 5.66. The number of piperazine rings is 1. The second-order valence-corrected chi connectivity index (χ2v) is 8.01. The summed E-state index contributed by atoms with van der Waals surface area (Å²) in [5, 5.41) is 11.5. The number of halogens is 1. The summed E-state index contributed by atoms with van der Waals surface area (Å²) in [6.07, 6.45) is 0. The van der Waals surface area contributed by atoms with Crippen LogP contribution in [0.3, 0.4) is 0 Å². The molecule has 1 aliphatic rings. The first kappa shape index (κ1) is 20.4. The molecule has 1 fully saturated rings. The third kappa shape index (κ3) is 4.04. The van der Waals surface area contributed by atoms with E-state index in [1.807, 2.05) is 44.2 Å². The number of H-pyrrole nitrogens is 1. The monoisotopic (exact) mass is 425 g/mol. The Morgan fingerprint density at radius 3 is 2.63 bits per heavy atom. The van der Waals surface area contributed by atoms with E-state index in [-0.39, 0.29) is 17.9 Å². The third-order valence-corrected chi connectivity index (χ3v) is 5.89. The molecular formula is C22H24ClN5O2. The van der Waals surface area contributed by atoms with Gasteiger partial charge in [-0.3, -0.25) is 19.6 Å². The van der Waals surface area contributed by atoms with Gasteiger partial charge in [0.05, 0.1) is 11.6 Å². The van der Waals surface area contributed by atoms with Gasteiger partial charge in [0.2, 0.25) is 5.91 Å². The molecule has 1 atom stereocenters. The lowest BCUT2D eigenvalue weighted by atomic mass is 10.1. The maximum Gasteiger partial charge on any atom is 0.275 e. The summed E-state index contributed by atoms with van der Waals surface area (Å²) in [5.41, 5.74) is 2.97. The average molecular weight is 426 g/mol. The molecule has 4 rings (SSSR count). The number of rotatable bonds is 4. The number of hydrogen-bond acceptors (Lipinski definition) is 4. The molecule has 0 saturated carbocycles. The Morgan fingerprint density at radius 2 is 1.87 bits per heavy atom. The van der Waals surface area contributed by atoms with Crippen LogP contribution in [0.5, 0.6) is 0 Å². The fourth-order valence-corrected chi connectivity index (χ4v) is 3.89. The molecule has 30 heavy (non-hydrogen) atoms. The SMILES string of the molecule is Cc1ccc(Cl)cc1NC(=O)C(C)N1CCN(C(=O)c2n[nH]c3ccccc23)CC1. The number of nitrogens with zero attached hydrogens (tertiary/aromatic N) is 3. The van der Waals surface area contributed by atoms with Crippen LogP contribution in [0.4, 0.5) is 5.69 Å². The minimum absolute atomic E-state index is 0.0845. The first-order valence-electron chi connectivity index (χ1n) is 9.97. The fraction of sp³-hybridized carbons (Fsp3) is 0.318. The molecule has 0 spiro atoms. The number of aromatic amines is 1. The fourth-order valence-electron chi connectivity index (χ4n) is 3.72. The topological polar surface area (TPSA) is 81.3 Å². The highest BCUT2D eigenvalue weighted by Crippen LogP contribution is 2.21. The number of fused-ring (bicyclic) bond motifs is 1. The highest BCUT2D eigenvalue weighted by Gasteiger charge is 2.29. The number of carbonyl (C=O) groups excluding carboxylic acids is 2. The second-order valence-electron chi connectivity index (χ2n) is 7.57. The summed E-state index contributed by atoms with van der Waals surface area (Å²) in [7, 11) is 0. The van der Waals surface area contributed by atoms with Crippen molar-refractivity contribution in [3.8, 4) is 0 Å². The van der Waals surface area contributed by atoms with Crippen molar-refractivity contribution in [2.75, 3.05) is 31.5 Å². The number of anilines is 1. The van der Waals surface area contributed by atoms with Crippen molar-refractivity contribution in [3.63, 3.8) is 0 Å². The van der Waals surface area contributed by atoms with Gasteiger partial charge in [0.1, 0.15) is 0 Å². The molecule has 7 nitrogen and oxygen atoms in total. The van der Waals surface area contributed by atoms with E-state index in [0.29, 0.717) is 36.9 Å². The van der Waals surface area contributed by atoms with Gasteiger partial charge >= 0.3 is 0 Å². The minimum atomic E-state index is -0.313. The number of amides is 2. The second kappa shape index (κ2) is 8.45. The lowest BCUT2D eigenvalue weighted by molar-refractivity contribution is -0.121. The van der Waals surface area contributed by atoms with Crippen molar-refractivity contribution in [1.29, 1.82) is 0 Å². The summed E-state index contributed by atoms with van der Waals surface area (Å²) in [4.78, 5) is 29.5. The van der Waals surface area contributed by atoms with Crippen LogP contribution in [0, 0.1) is 6.92 Å². The first-order chi connectivity index (χ1) is 14.4. The van der Waals surface area contributed by atoms with Crippen molar-refractivity contribution >= 4 is 40.0 Å². The summed E-state index contributed by atoms with van der Waals surface area (Å²) >= 11 is 6.05. The Kier molecular flexibility index (Phi) is 5.74. The van der Waals surface area contributed by atoms with Gasteiger partial charge < -0.3 is 10.2 Å². The van der Waals surface area contributed by atoms with Crippen molar-refractivity contribution in [2.45, 2.75) is 19.9 Å². The number of para-hydroxylation sites is 1. The van der Waals surface area contributed by atoms with Crippen molar-refractivity contribution in [2.24, 2.45) is 0 Å². The van der Waals surface area contributed by atoms with Crippen LogP contribution in [0.1, 0.15) is 23.0 Å². The molecule has 0 bridgehead atoms. The molecule has 3 aromatic rings. The maximum absolute atomic E-state index is 12.9. The largest absolute Gasteiger partial charge is 0.335 e. The molecule has 156 valence electrons. The molecule has 1 saturated heterocycles. The number of aromatic nitrogens is 2. The Morgan fingerprint density at radius 1 is 1.13 bits per heavy atom. The molecule has 2 heterocycles. The zero-order chi connectivity index (χ0) is 21.3. The number of carbonyl (C=O) groups is 2. The summed E-state index contributed by atoms with van der Waals surface area (Å²) in [6.45, 7) is 6.16. The van der Waals surface area contributed by atoms with E-state index in [1.54, 1.807) is 17.0 Å². The molecule has 0 aliphatic carbocycles. The van der Waals surface area contributed by atoms with E-state index in [4.69, 9.17) is 11.6 Å². The molecule has 2 N–H and O–H groups in total. The van der Waals surface area contributed by atoms with Gasteiger partial charge in [-0.25, -0.2) is 0 Å². The lowest BCUT2D eigenvalue weighted by Crippen LogP contribution is -2.54. The standard InChI is InChI=1S/C22H24ClN5O2/c1-14-7-8-16(23)13-19(14)24-21(29)15(2)27-9-11-28(12-10-27)22(30)20-17-5-3-4-6-18(17)25-26-20/h3-8,13,15H,9-12H2,1-2H3,(H,24,29)(H,25,26). The van der Waals surface area contributed by atoms with Crippen LogP contribution in [0.15, 0.2) is 42.5 Å². The highest BCUT2D eigenvalue weighted by molar-refractivity contribution is 6.31. The van der Waals surface area contributed by atoms with Gasteiger partial charge in [-0.1, -0.05) is 35.9 Å². The summed E-state index contributed by atoms with van der Waals surface area (Å²) in [5.74, 6) is -0.169. The zero-order valence-electron chi connectivity index (χ0n) is 17.0. The predicted molar refractivity (Wildman–Crippen MR) is 118 cm³/mol. The number of aryl methyl sites for hydroxylation is 1. The molecule has 8 heteroatoms. The molecule has 2 amide bonds. The summed E-state index contributed by atoms with van der Waals surface area (Å²) < 4.78 is 0. The van der Waals surface area contributed by atoms with E-state index in [1.165, 1.54) is 0 Å². The Labute approximate surface area is 180 Å². The molecular weight excluding hydrogens is 402 g/mol. The smallest absolute Gasteiger partial charge is 0.275 e. The molecule has 1 aromatic heterocycles. The maximum atomic E-state index is 12.9.